The number of fused-ring (bicyclic) bond motifs is 1. The molecular formula is C21H20F2N4O4S. The molecule has 0 N–H and O–H groups in total. The number of aryl methyl sites for hydroxylation is 1. The lowest BCUT2D eigenvalue weighted by Crippen LogP contribution is -2.51. The molecule has 3 aromatic rings. The minimum atomic E-state index is -4.23. The van der Waals surface area contributed by atoms with E-state index in [1.165, 1.54) is 16.6 Å². The summed E-state index contributed by atoms with van der Waals surface area (Å²) in [7, 11) is -2.72. The summed E-state index contributed by atoms with van der Waals surface area (Å²) in [6, 6.07) is 9.16. The summed E-state index contributed by atoms with van der Waals surface area (Å²) in [6.07, 6.45) is -0.0556. The zero-order valence-corrected chi connectivity index (χ0v) is 18.0. The molecule has 0 unspecified atom stereocenters. The van der Waals surface area contributed by atoms with Crippen LogP contribution in [0.5, 0.6) is 0 Å². The van der Waals surface area contributed by atoms with Gasteiger partial charge in [-0.25, -0.2) is 21.9 Å². The van der Waals surface area contributed by atoms with Crippen molar-refractivity contribution in [1.29, 1.82) is 0 Å². The number of rotatable bonds is 4. The van der Waals surface area contributed by atoms with Crippen molar-refractivity contribution in [2.24, 2.45) is 7.05 Å². The van der Waals surface area contributed by atoms with E-state index in [1.54, 1.807) is 24.3 Å². The summed E-state index contributed by atoms with van der Waals surface area (Å²) in [6.45, 7) is 0.0916. The van der Waals surface area contributed by atoms with Crippen molar-refractivity contribution >= 4 is 26.7 Å². The van der Waals surface area contributed by atoms with Crippen LogP contribution < -0.4 is 5.56 Å². The molecule has 168 valence electrons. The Hall–Kier alpha value is -3.18. The van der Waals surface area contributed by atoms with Gasteiger partial charge in [0.05, 0.1) is 17.5 Å². The molecule has 1 aromatic heterocycles. The second kappa shape index (κ2) is 8.40. The predicted molar refractivity (Wildman–Crippen MR) is 112 cm³/mol. The van der Waals surface area contributed by atoms with Gasteiger partial charge in [-0.2, -0.15) is 9.40 Å². The SMILES string of the molecule is Cn1nc(CC(=O)N2CCN(S(=O)(=O)c3cc(F)ccc3F)CC2)c2ccccc2c1=O. The van der Waals surface area contributed by atoms with Crippen LogP contribution in [0.2, 0.25) is 0 Å². The molecular weight excluding hydrogens is 442 g/mol. The van der Waals surface area contributed by atoms with Gasteiger partial charge in [0, 0.05) is 38.6 Å². The van der Waals surface area contributed by atoms with Crippen molar-refractivity contribution in [2.45, 2.75) is 11.3 Å². The predicted octanol–water partition coefficient (Wildman–Crippen LogP) is 1.29. The van der Waals surface area contributed by atoms with E-state index in [4.69, 9.17) is 0 Å². The number of piperazine rings is 1. The van der Waals surface area contributed by atoms with Crippen LogP contribution in [0, 0.1) is 11.6 Å². The molecule has 0 spiro atoms. The van der Waals surface area contributed by atoms with Crippen LogP contribution in [-0.4, -0.2) is 59.5 Å². The number of halogens is 2. The van der Waals surface area contributed by atoms with Gasteiger partial charge >= 0.3 is 0 Å². The van der Waals surface area contributed by atoms with Crippen LogP contribution in [0.15, 0.2) is 52.2 Å². The Balaban J connectivity index is 1.49. The zero-order chi connectivity index (χ0) is 23.0. The Labute approximate surface area is 182 Å². The lowest BCUT2D eigenvalue weighted by atomic mass is 10.1. The first kappa shape index (κ1) is 22.0. The smallest absolute Gasteiger partial charge is 0.274 e. The molecule has 1 aliphatic rings. The Morgan fingerprint density at radius 2 is 1.69 bits per heavy atom. The molecule has 1 amide bonds. The molecule has 8 nitrogen and oxygen atoms in total. The van der Waals surface area contributed by atoms with Crippen molar-refractivity contribution < 1.29 is 22.0 Å². The fourth-order valence-corrected chi connectivity index (χ4v) is 5.25. The minimum absolute atomic E-state index is 0.0501. The number of amides is 1. The second-order valence-corrected chi connectivity index (χ2v) is 9.36. The number of nitrogens with zero attached hydrogens (tertiary/aromatic N) is 4. The first-order valence-electron chi connectivity index (χ1n) is 9.86. The molecule has 0 bridgehead atoms. The Morgan fingerprint density at radius 1 is 1.03 bits per heavy atom. The van der Waals surface area contributed by atoms with Crippen LogP contribution in [0.3, 0.4) is 0 Å². The lowest BCUT2D eigenvalue weighted by Gasteiger charge is -2.34. The second-order valence-electron chi connectivity index (χ2n) is 7.46. The van der Waals surface area contributed by atoms with E-state index in [0.717, 1.165) is 16.4 Å². The minimum Gasteiger partial charge on any atom is -0.340 e. The maximum absolute atomic E-state index is 14.0. The maximum atomic E-state index is 14.0. The van der Waals surface area contributed by atoms with E-state index < -0.39 is 26.6 Å². The fourth-order valence-electron chi connectivity index (χ4n) is 3.75. The Morgan fingerprint density at radius 3 is 2.38 bits per heavy atom. The standard InChI is InChI=1S/C21H20F2N4O4S/c1-25-21(29)16-5-3-2-4-15(16)18(24-25)13-20(28)26-8-10-27(11-9-26)32(30,31)19-12-14(22)6-7-17(19)23/h2-7,12H,8-11,13H2,1H3. The summed E-state index contributed by atoms with van der Waals surface area (Å²) in [4.78, 5) is 25.9. The highest BCUT2D eigenvalue weighted by molar-refractivity contribution is 7.89. The number of aromatic nitrogens is 2. The van der Waals surface area contributed by atoms with E-state index in [9.17, 15) is 26.8 Å². The Kier molecular flexibility index (Phi) is 5.78. The number of hydrogen-bond donors (Lipinski definition) is 0. The number of hydrogen-bond acceptors (Lipinski definition) is 5. The van der Waals surface area contributed by atoms with Crippen LogP contribution >= 0.6 is 0 Å². The van der Waals surface area contributed by atoms with Crippen LogP contribution in [0.1, 0.15) is 5.69 Å². The highest BCUT2D eigenvalue weighted by Crippen LogP contribution is 2.22. The van der Waals surface area contributed by atoms with Crippen LogP contribution in [0.25, 0.3) is 10.8 Å². The van der Waals surface area contributed by atoms with Crippen molar-refractivity contribution in [3.8, 4) is 0 Å². The molecule has 0 aliphatic carbocycles. The number of sulfonamides is 1. The number of carbonyl (C=O) groups excluding carboxylic acids is 1. The Bertz CT molecular complexity index is 1370. The van der Waals surface area contributed by atoms with E-state index in [1.807, 2.05) is 0 Å². The van der Waals surface area contributed by atoms with Gasteiger partial charge in [0.25, 0.3) is 5.56 Å². The first-order chi connectivity index (χ1) is 15.2. The largest absolute Gasteiger partial charge is 0.340 e. The zero-order valence-electron chi connectivity index (χ0n) is 17.2. The number of benzene rings is 2. The molecule has 1 fully saturated rings. The highest BCUT2D eigenvalue weighted by Gasteiger charge is 2.32. The maximum Gasteiger partial charge on any atom is 0.274 e. The fraction of sp³-hybridized carbons (Fsp3) is 0.286. The van der Waals surface area contributed by atoms with Gasteiger partial charge in [-0.05, 0) is 24.3 Å². The molecule has 11 heteroatoms. The third kappa shape index (κ3) is 4.00. The monoisotopic (exact) mass is 462 g/mol. The summed E-state index contributed by atoms with van der Waals surface area (Å²) < 4.78 is 55.1. The van der Waals surface area contributed by atoms with Gasteiger partial charge in [0.15, 0.2) is 0 Å². The molecule has 1 saturated heterocycles. The van der Waals surface area contributed by atoms with Gasteiger partial charge < -0.3 is 4.90 Å². The first-order valence-corrected chi connectivity index (χ1v) is 11.3. The van der Waals surface area contributed by atoms with Crippen LogP contribution in [0.4, 0.5) is 8.78 Å². The summed E-state index contributed by atoms with van der Waals surface area (Å²) in [5.41, 5.74) is 0.185. The van der Waals surface area contributed by atoms with Crippen molar-refractivity contribution in [2.75, 3.05) is 26.2 Å². The van der Waals surface area contributed by atoms with E-state index in [0.29, 0.717) is 22.5 Å². The third-order valence-corrected chi connectivity index (χ3v) is 7.37. The molecule has 2 aromatic carbocycles. The molecule has 0 saturated carbocycles. The molecule has 2 heterocycles. The van der Waals surface area contributed by atoms with Crippen LogP contribution in [-0.2, 0) is 28.3 Å². The van der Waals surface area contributed by atoms with Gasteiger partial charge in [0.1, 0.15) is 16.5 Å². The van der Waals surface area contributed by atoms with Crippen molar-refractivity contribution in [3.05, 3.63) is 70.1 Å². The quantitative estimate of drug-likeness (QED) is 0.583. The average Bonchev–Trinajstić information content (AvgIpc) is 2.79. The summed E-state index contributed by atoms with van der Waals surface area (Å²) >= 11 is 0. The molecule has 4 rings (SSSR count). The number of carbonyl (C=O) groups is 1. The van der Waals surface area contributed by atoms with E-state index in [2.05, 4.69) is 5.10 Å². The average molecular weight is 462 g/mol. The van der Waals surface area contributed by atoms with Crippen molar-refractivity contribution in [3.63, 3.8) is 0 Å². The molecule has 0 radical (unpaired) electrons. The van der Waals surface area contributed by atoms with E-state index >= 15 is 0 Å². The normalized spacial score (nSPS) is 15.3. The van der Waals surface area contributed by atoms with E-state index in [-0.39, 0.29) is 44.1 Å². The molecule has 1 aliphatic heterocycles. The van der Waals surface area contributed by atoms with Gasteiger partial charge in [-0.1, -0.05) is 18.2 Å². The lowest BCUT2D eigenvalue weighted by molar-refractivity contribution is -0.131. The molecule has 0 atom stereocenters. The van der Waals surface area contributed by atoms with Gasteiger partial charge in [-0.15, -0.1) is 0 Å². The van der Waals surface area contributed by atoms with Crippen molar-refractivity contribution in [1.82, 2.24) is 19.0 Å². The topological polar surface area (TPSA) is 92.6 Å². The summed E-state index contributed by atoms with van der Waals surface area (Å²) in [5, 5.41) is 5.27. The third-order valence-electron chi connectivity index (χ3n) is 5.45. The summed E-state index contributed by atoms with van der Waals surface area (Å²) in [5.74, 6) is -2.15. The highest BCUT2D eigenvalue weighted by atomic mass is 32.2. The van der Waals surface area contributed by atoms with Gasteiger partial charge in [0.2, 0.25) is 15.9 Å². The molecule has 32 heavy (non-hydrogen) atoms. The van der Waals surface area contributed by atoms with Gasteiger partial charge in [-0.3, -0.25) is 9.59 Å².